The molecule has 1 rings (SSSR count). The molecule has 0 unspecified atom stereocenters. The summed E-state index contributed by atoms with van der Waals surface area (Å²) in [6.45, 7) is 2.58. The number of carbonyl (C=O) groups excluding carboxylic acids is 1. The van der Waals surface area contributed by atoms with E-state index in [0.717, 1.165) is 32.1 Å². The zero-order valence-electron chi connectivity index (χ0n) is 9.87. The molecule has 1 aliphatic heterocycles. The van der Waals surface area contributed by atoms with E-state index in [1.54, 1.807) is 0 Å². The third kappa shape index (κ3) is 4.24. The Kier molecular flexibility index (Phi) is 5.95. The van der Waals surface area contributed by atoms with Gasteiger partial charge in [0.15, 0.2) is 0 Å². The summed E-state index contributed by atoms with van der Waals surface area (Å²) in [4.78, 5) is 11.5. The Morgan fingerprint density at radius 2 is 2.38 bits per heavy atom. The molecule has 1 saturated heterocycles. The van der Waals surface area contributed by atoms with Gasteiger partial charge in [-0.1, -0.05) is 19.3 Å². The maximum absolute atomic E-state index is 11.5. The van der Waals surface area contributed by atoms with Crippen molar-refractivity contribution in [3.05, 3.63) is 0 Å². The van der Waals surface area contributed by atoms with E-state index in [2.05, 4.69) is 18.8 Å². The van der Waals surface area contributed by atoms with Gasteiger partial charge in [0.1, 0.15) is 6.10 Å². The van der Waals surface area contributed by atoms with Crippen LogP contribution in [0, 0.1) is 17.8 Å². The molecule has 0 bridgehead atoms. The SMILES string of the molecule is CCCCC#C[C@H](O)[C@@H]1CCCCOC1=O. The van der Waals surface area contributed by atoms with Gasteiger partial charge >= 0.3 is 5.97 Å². The van der Waals surface area contributed by atoms with Crippen molar-refractivity contribution in [2.45, 2.75) is 51.6 Å². The first-order valence-electron chi connectivity index (χ1n) is 6.08. The molecule has 0 radical (unpaired) electrons. The predicted molar refractivity (Wildman–Crippen MR) is 61.6 cm³/mol. The van der Waals surface area contributed by atoms with Gasteiger partial charge in [-0.15, -0.1) is 5.92 Å². The number of ether oxygens (including phenoxy) is 1. The number of carbonyl (C=O) groups is 1. The van der Waals surface area contributed by atoms with Gasteiger partial charge in [0.05, 0.1) is 12.5 Å². The van der Waals surface area contributed by atoms with Crippen LogP contribution in [0.25, 0.3) is 0 Å². The molecule has 16 heavy (non-hydrogen) atoms. The van der Waals surface area contributed by atoms with Crippen molar-refractivity contribution < 1.29 is 14.6 Å². The maximum atomic E-state index is 11.5. The molecule has 0 amide bonds. The van der Waals surface area contributed by atoms with E-state index in [1.165, 1.54) is 0 Å². The molecule has 0 aromatic heterocycles. The van der Waals surface area contributed by atoms with Crippen LogP contribution in [0.4, 0.5) is 0 Å². The van der Waals surface area contributed by atoms with Crippen molar-refractivity contribution in [2.75, 3.05) is 6.61 Å². The third-order valence-electron chi connectivity index (χ3n) is 2.74. The Bertz CT molecular complexity index is 275. The molecule has 1 N–H and O–H groups in total. The van der Waals surface area contributed by atoms with Crippen LogP contribution in [0.15, 0.2) is 0 Å². The van der Waals surface area contributed by atoms with Crippen LogP contribution in [0.1, 0.15) is 45.4 Å². The molecule has 0 spiro atoms. The highest BCUT2D eigenvalue weighted by molar-refractivity contribution is 5.73. The first kappa shape index (κ1) is 13.1. The number of esters is 1. The fourth-order valence-electron chi connectivity index (χ4n) is 1.69. The van der Waals surface area contributed by atoms with Gasteiger partial charge in [0, 0.05) is 6.42 Å². The topological polar surface area (TPSA) is 46.5 Å². The minimum atomic E-state index is -0.859. The van der Waals surface area contributed by atoms with Crippen molar-refractivity contribution in [3.8, 4) is 11.8 Å². The summed E-state index contributed by atoms with van der Waals surface area (Å²) in [6, 6.07) is 0. The third-order valence-corrected chi connectivity index (χ3v) is 2.74. The predicted octanol–water partition coefficient (Wildman–Crippen LogP) is 1.88. The Balaban J connectivity index is 2.45. The zero-order valence-corrected chi connectivity index (χ0v) is 9.87. The number of aliphatic hydroxyl groups excluding tert-OH is 1. The minimum absolute atomic E-state index is 0.296. The fourth-order valence-corrected chi connectivity index (χ4v) is 1.69. The number of rotatable bonds is 3. The molecule has 3 nitrogen and oxygen atoms in total. The van der Waals surface area contributed by atoms with E-state index in [0.29, 0.717) is 13.0 Å². The fraction of sp³-hybridized carbons (Fsp3) is 0.769. The summed E-state index contributed by atoms with van der Waals surface area (Å²) < 4.78 is 5.00. The first-order valence-corrected chi connectivity index (χ1v) is 6.08. The molecule has 1 fully saturated rings. The normalized spacial score (nSPS) is 22.6. The van der Waals surface area contributed by atoms with E-state index < -0.39 is 12.0 Å². The zero-order chi connectivity index (χ0) is 11.8. The smallest absolute Gasteiger partial charge is 0.312 e. The van der Waals surface area contributed by atoms with Crippen molar-refractivity contribution >= 4 is 5.97 Å². The lowest BCUT2D eigenvalue weighted by atomic mass is 9.97. The lowest BCUT2D eigenvalue weighted by molar-refractivity contribution is -0.149. The van der Waals surface area contributed by atoms with Crippen LogP contribution in [0.3, 0.4) is 0 Å². The van der Waals surface area contributed by atoms with E-state index in [1.807, 2.05) is 0 Å². The van der Waals surface area contributed by atoms with E-state index in [4.69, 9.17) is 4.74 Å². The molecule has 1 aliphatic rings. The van der Waals surface area contributed by atoms with Crippen molar-refractivity contribution in [2.24, 2.45) is 5.92 Å². The molecule has 2 atom stereocenters. The molecule has 3 heteroatoms. The second-order valence-electron chi connectivity index (χ2n) is 4.14. The van der Waals surface area contributed by atoms with Crippen molar-refractivity contribution in [1.29, 1.82) is 0 Å². The molecular formula is C13H20O3. The van der Waals surface area contributed by atoms with E-state index >= 15 is 0 Å². The quantitative estimate of drug-likeness (QED) is 0.452. The largest absolute Gasteiger partial charge is 0.465 e. The summed E-state index contributed by atoms with van der Waals surface area (Å²) in [5, 5.41) is 9.79. The summed E-state index contributed by atoms with van der Waals surface area (Å²) in [6.07, 6.45) is 4.55. The first-order chi connectivity index (χ1) is 7.75. The molecule has 0 saturated carbocycles. The second kappa shape index (κ2) is 7.29. The van der Waals surface area contributed by atoms with E-state index in [-0.39, 0.29) is 5.97 Å². The van der Waals surface area contributed by atoms with Gasteiger partial charge in [0.25, 0.3) is 0 Å². The van der Waals surface area contributed by atoms with Gasteiger partial charge in [-0.05, 0) is 25.7 Å². The lowest BCUT2D eigenvalue weighted by Gasteiger charge is -2.13. The molecule has 0 aromatic rings. The molecule has 1 heterocycles. The van der Waals surface area contributed by atoms with Crippen LogP contribution in [0.5, 0.6) is 0 Å². The van der Waals surface area contributed by atoms with Crippen LogP contribution in [-0.4, -0.2) is 23.8 Å². The van der Waals surface area contributed by atoms with Crippen LogP contribution in [-0.2, 0) is 9.53 Å². The Hall–Kier alpha value is -1.01. The number of hydrogen-bond donors (Lipinski definition) is 1. The van der Waals surface area contributed by atoms with Crippen molar-refractivity contribution in [1.82, 2.24) is 0 Å². The van der Waals surface area contributed by atoms with Gasteiger partial charge in [-0.25, -0.2) is 0 Å². The number of unbranched alkanes of at least 4 members (excludes halogenated alkanes) is 2. The number of aliphatic hydroxyl groups is 1. The Morgan fingerprint density at radius 1 is 1.56 bits per heavy atom. The van der Waals surface area contributed by atoms with Gasteiger partial charge in [-0.2, -0.15) is 0 Å². The van der Waals surface area contributed by atoms with Crippen LogP contribution >= 0.6 is 0 Å². The number of hydrogen-bond acceptors (Lipinski definition) is 3. The molecular weight excluding hydrogens is 204 g/mol. The second-order valence-corrected chi connectivity index (χ2v) is 4.14. The average molecular weight is 224 g/mol. The molecule has 0 aliphatic carbocycles. The highest BCUT2D eigenvalue weighted by Crippen LogP contribution is 2.18. The lowest BCUT2D eigenvalue weighted by Crippen LogP contribution is -2.27. The van der Waals surface area contributed by atoms with Gasteiger partial charge in [0.2, 0.25) is 0 Å². The Labute approximate surface area is 97.2 Å². The Morgan fingerprint density at radius 3 is 3.12 bits per heavy atom. The highest BCUT2D eigenvalue weighted by Gasteiger charge is 2.28. The van der Waals surface area contributed by atoms with Gasteiger partial charge in [-0.3, -0.25) is 4.79 Å². The summed E-state index contributed by atoms with van der Waals surface area (Å²) in [7, 11) is 0. The minimum Gasteiger partial charge on any atom is -0.465 e. The van der Waals surface area contributed by atoms with Gasteiger partial charge < -0.3 is 9.84 Å². The monoisotopic (exact) mass is 224 g/mol. The number of cyclic esters (lactones) is 1. The van der Waals surface area contributed by atoms with Crippen LogP contribution < -0.4 is 0 Å². The average Bonchev–Trinajstić information content (AvgIpc) is 2.49. The summed E-state index contributed by atoms with van der Waals surface area (Å²) >= 11 is 0. The summed E-state index contributed by atoms with van der Waals surface area (Å²) in [5.74, 6) is 4.92. The van der Waals surface area contributed by atoms with Crippen LogP contribution in [0.2, 0.25) is 0 Å². The highest BCUT2D eigenvalue weighted by atomic mass is 16.5. The van der Waals surface area contributed by atoms with Crippen molar-refractivity contribution in [3.63, 3.8) is 0 Å². The molecule has 0 aromatic carbocycles. The standard InChI is InChI=1S/C13H20O3/c1-2-3-4-5-9-12(14)11-8-6-7-10-16-13(11)15/h11-12,14H,2-4,6-8,10H2,1H3/t11-,12-/m0/s1. The maximum Gasteiger partial charge on any atom is 0.312 e. The summed E-state index contributed by atoms with van der Waals surface area (Å²) in [5.41, 5.74) is 0. The molecule has 90 valence electrons. The van der Waals surface area contributed by atoms with E-state index in [9.17, 15) is 9.90 Å².